The summed E-state index contributed by atoms with van der Waals surface area (Å²) in [7, 11) is 1.63. The molecule has 3 rings (SSSR count). The Morgan fingerprint density at radius 2 is 2.05 bits per heavy atom. The van der Waals surface area contributed by atoms with Crippen LogP contribution in [-0.4, -0.2) is 39.9 Å². The molecule has 0 N–H and O–H groups in total. The van der Waals surface area contributed by atoms with Crippen molar-refractivity contribution in [1.29, 1.82) is 0 Å². The molecule has 0 aromatic carbocycles. The van der Waals surface area contributed by atoms with Crippen molar-refractivity contribution in [2.45, 2.75) is 26.3 Å². The SMILES string of the molecule is COc1nccnc1N1CC[C@H](n2nc(C)cc2C)C1. The molecular formula is C14H19N5O. The lowest BCUT2D eigenvalue weighted by Gasteiger charge is -2.19. The zero-order chi connectivity index (χ0) is 14.1. The van der Waals surface area contributed by atoms with E-state index in [2.05, 4.69) is 37.6 Å². The fourth-order valence-electron chi connectivity index (χ4n) is 2.83. The Kier molecular flexibility index (Phi) is 3.30. The molecule has 6 nitrogen and oxygen atoms in total. The third-order valence-electron chi connectivity index (χ3n) is 3.69. The van der Waals surface area contributed by atoms with Gasteiger partial charge >= 0.3 is 0 Å². The fourth-order valence-corrected chi connectivity index (χ4v) is 2.83. The monoisotopic (exact) mass is 273 g/mol. The third-order valence-corrected chi connectivity index (χ3v) is 3.69. The summed E-state index contributed by atoms with van der Waals surface area (Å²) < 4.78 is 7.41. The minimum absolute atomic E-state index is 0.385. The average Bonchev–Trinajstić information content (AvgIpc) is 3.05. The lowest BCUT2D eigenvalue weighted by atomic mass is 10.2. The van der Waals surface area contributed by atoms with Crippen LogP contribution < -0.4 is 9.64 Å². The van der Waals surface area contributed by atoms with Gasteiger partial charge in [-0.1, -0.05) is 0 Å². The van der Waals surface area contributed by atoms with Crippen molar-refractivity contribution in [3.05, 3.63) is 29.8 Å². The van der Waals surface area contributed by atoms with Crippen molar-refractivity contribution in [3.8, 4) is 5.88 Å². The molecule has 1 aliphatic heterocycles. The second kappa shape index (κ2) is 5.11. The molecule has 6 heteroatoms. The van der Waals surface area contributed by atoms with Crippen molar-refractivity contribution in [3.63, 3.8) is 0 Å². The van der Waals surface area contributed by atoms with E-state index in [1.165, 1.54) is 5.69 Å². The molecule has 1 aliphatic rings. The number of methoxy groups -OCH3 is 1. The Bertz CT molecular complexity index is 609. The van der Waals surface area contributed by atoms with Gasteiger partial charge in [-0.2, -0.15) is 5.10 Å². The molecule has 3 heterocycles. The van der Waals surface area contributed by atoms with Gasteiger partial charge in [0.1, 0.15) is 0 Å². The first-order valence-corrected chi connectivity index (χ1v) is 6.81. The summed E-state index contributed by atoms with van der Waals surface area (Å²) in [6.07, 6.45) is 4.41. The number of nitrogens with zero attached hydrogens (tertiary/aromatic N) is 5. The smallest absolute Gasteiger partial charge is 0.257 e. The molecule has 2 aromatic heterocycles. The van der Waals surface area contributed by atoms with Crippen molar-refractivity contribution in [2.75, 3.05) is 25.1 Å². The van der Waals surface area contributed by atoms with Crippen molar-refractivity contribution in [2.24, 2.45) is 0 Å². The van der Waals surface area contributed by atoms with Gasteiger partial charge in [0.15, 0.2) is 5.82 Å². The summed E-state index contributed by atoms with van der Waals surface area (Å²) in [6.45, 7) is 5.96. The number of anilines is 1. The molecule has 0 radical (unpaired) electrons. The van der Waals surface area contributed by atoms with E-state index in [0.717, 1.165) is 31.0 Å². The van der Waals surface area contributed by atoms with Crippen LogP contribution in [0, 0.1) is 13.8 Å². The summed E-state index contributed by atoms with van der Waals surface area (Å²) >= 11 is 0. The van der Waals surface area contributed by atoms with E-state index in [1.54, 1.807) is 19.5 Å². The Morgan fingerprint density at radius 3 is 2.75 bits per heavy atom. The van der Waals surface area contributed by atoms with E-state index in [0.29, 0.717) is 11.9 Å². The van der Waals surface area contributed by atoms with Crippen LogP contribution in [0.15, 0.2) is 18.5 Å². The highest BCUT2D eigenvalue weighted by molar-refractivity contribution is 5.48. The minimum Gasteiger partial charge on any atom is -0.478 e. The van der Waals surface area contributed by atoms with Crippen LogP contribution in [0.1, 0.15) is 23.9 Å². The number of rotatable bonds is 3. The molecule has 2 aromatic rings. The Balaban J connectivity index is 1.81. The van der Waals surface area contributed by atoms with Gasteiger partial charge in [0, 0.05) is 31.2 Å². The fraction of sp³-hybridized carbons (Fsp3) is 0.500. The Morgan fingerprint density at radius 1 is 1.25 bits per heavy atom. The van der Waals surface area contributed by atoms with Gasteiger partial charge in [-0.25, -0.2) is 9.97 Å². The highest BCUT2D eigenvalue weighted by Gasteiger charge is 2.28. The maximum Gasteiger partial charge on any atom is 0.257 e. The molecule has 0 bridgehead atoms. The van der Waals surface area contributed by atoms with Gasteiger partial charge in [0.05, 0.1) is 18.8 Å². The quantitative estimate of drug-likeness (QED) is 0.852. The normalized spacial score (nSPS) is 18.6. The summed E-state index contributed by atoms with van der Waals surface area (Å²) in [6, 6.07) is 2.50. The van der Waals surface area contributed by atoms with Gasteiger partial charge < -0.3 is 9.64 Å². The molecule has 1 saturated heterocycles. The largest absolute Gasteiger partial charge is 0.478 e. The maximum absolute atomic E-state index is 5.29. The van der Waals surface area contributed by atoms with Crippen molar-refractivity contribution >= 4 is 5.82 Å². The molecule has 0 aliphatic carbocycles. The van der Waals surface area contributed by atoms with Crippen LogP contribution in [0.3, 0.4) is 0 Å². The van der Waals surface area contributed by atoms with E-state index in [9.17, 15) is 0 Å². The minimum atomic E-state index is 0.385. The van der Waals surface area contributed by atoms with E-state index >= 15 is 0 Å². The van der Waals surface area contributed by atoms with Crippen LogP contribution in [0.25, 0.3) is 0 Å². The van der Waals surface area contributed by atoms with E-state index in [1.807, 2.05) is 6.92 Å². The topological polar surface area (TPSA) is 56.1 Å². The Hall–Kier alpha value is -2.11. The molecular weight excluding hydrogens is 254 g/mol. The second-order valence-corrected chi connectivity index (χ2v) is 5.15. The number of aromatic nitrogens is 4. The van der Waals surface area contributed by atoms with Crippen LogP contribution in [0.5, 0.6) is 5.88 Å². The van der Waals surface area contributed by atoms with Gasteiger partial charge in [-0.15, -0.1) is 0 Å². The molecule has 0 spiro atoms. The highest BCUT2D eigenvalue weighted by Crippen LogP contribution is 2.30. The van der Waals surface area contributed by atoms with Gasteiger partial charge in [-0.05, 0) is 26.3 Å². The molecule has 0 amide bonds. The van der Waals surface area contributed by atoms with Crippen LogP contribution in [0.4, 0.5) is 5.82 Å². The van der Waals surface area contributed by atoms with Gasteiger partial charge in [0.25, 0.3) is 5.88 Å². The van der Waals surface area contributed by atoms with Crippen molar-refractivity contribution < 1.29 is 4.74 Å². The van der Waals surface area contributed by atoms with Crippen molar-refractivity contribution in [1.82, 2.24) is 19.7 Å². The van der Waals surface area contributed by atoms with Crippen LogP contribution in [0.2, 0.25) is 0 Å². The summed E-state index contributed by atoms with van der Waals surface area (Å²) in [5, 5.41) is 4.59. The molecule has 0 unspecified atom stereocenters. The Labute approximate surface area is 118 Å². The predicted molar refractivity (Wildman–Crippen MR) is 76.2 cm³/mol. The number of hydrogen-bond acceptors (Lipinski definition) is 5. The standard InChI is InChI=1S/C14H19N5O/c1-10-8-11(2)19(17-10)12-4-7-18(9-12)13-14(20-3)16-6-5-15-13/h5-6,8,12H,4,7,9H2,1-3H3/t12-/m0/s1. The van der Waals surface area contributed by atoms with Crippen LogP contribution in [-0.2, 0) is 0 Å². The third kappa shape index (κ3) is 2.21. The first-order valence-electron chi connectivity index (χ1n) is 6.81. The van der Waals surface area contributed by atoms with E-state index in [-0.39, 0.29) is 0 Å². The molecule has 1 atom stereocenters. The zero-order valence-electron chi connectivity index (χ0n) is 12.1. The molecule has 0 saturated carbocycles. The van der Waals surface area contributed by atoms with Gasteiger partial charge in [-0.3, -0.25) is 4.68 Å². The predicted octanol–water partition coefficient (Wildman–Crippen LogP) is 1.75. The summed E-state index contributed by atoms with van der Waals surface area (Å²) in [5.74, 6) is 1.40. The number of ether oxygens (including phenoxy) is 1. The first kappa shape index (κ1) is 12.9. The van der Waals surface area contributed by atoms with E-state index in [4.69, 9.17) is 4.74 Å². The summed E-state index contributed by atoms with van der Waals surface area (Å²) in [4.78, 5) is 10.8. The second-order valence-electron chi connectivity index (χ2n) is 5.15. The number of hydrogen-bond donors (Lipinski definition) is 0. The highest BCUT2D eigenvalue weighted by atomic mass is 16.5. The van der Waals surface area contributed by atoms with Crippen LogP contribution >= 0.6 is 0 Å². The van der Waals surface area contributed by atoms with E-state index < -0.39 is 0 Å². The number of aryl methyl sites for hydroxylation is 2. The molecule has 20 heavy (non-hydrogen) atoms. The maximum atomic E-state index is 5.29. The summed E-state index contributed by atoms with van der Waals surface area (Å²) in [5.41, 5.74) is 2.28. The molecule has 106 valence electrons. The van der Waals surface area contributed by atoms with Gasteiger partial charge in [0.2, 0.25) is 0 Å². The lowest BCUT2D eigenvalue weighted by Crippen LogP contribution is -2.23. The molecule has 1 fully saturated rings. The average molecular weight is 273 g/mol. The first-order chi connectivity index (χ1) is 9.69. The lowest BCUT2D eigenvalue weighted by molar-refractivity contribution is 0.395. The zero-order valence-corrected chi connectivity index (χ0v) is 12.1.